The average Bonchev–Trinajstić information content (AvgIpc) is 2.92. The van der Waals surface area contributed by atoms with Crippen LogP contribution >= 0.6 is 0 Å². The minimum absolute atomic E-state index is 0.197. The van der Waals surface area contributed by atoms with Crippen LogP contribution in [0.3, 0.4) is 0 Å². The van der Waals surface area contributed by atoms with Crippen LogP contribution < -0.4 is 5.32 Å². The lowest BCUT2D eigenvalue weighted by molar-refractivity contribution is -0.123. The van der Waals surface area contributed by atoms with E-state index >= 15 is 0 Å². The van der Waals surface area contributed by atoms with Crippen LogP contribution in [0.1, 0.15) is 103 Å². The number of allylic oxidation sites excluding steroid dienone is 2. The molecule has 0 unspecified atom stereocenters. The Morgan fingerprint density at radius 3 is 1.80 bits per heavy atom. The van der Waals surface area contributed by atoms with Crippen molar-refractivity contribution in [2.45, 2.75) is 103 Å². The fourth-order valence-corrected chi connectivity index (χ4v) is 3.20. The molecule has 3 heteroatoms. The Bertz CT molecular complexity index is 437. The summed E-state index contributed by atoms with van der Waals surface area (Å²) in [6, 6.07) is 0. The SMILES string of the molecule is CCCCCCCC/C=C\CCCCCCCCC1=CC(=O)NC1=O. The highest BCUT2D eigenvalue weighted by molar-refractivity contribution is 6.16. The predicted octanol–water partition coefficient (Wildman–Crippen LogP) is 6.00. The third-order valence-electron chi connectivity index (χ3n) is 4.79. The molecule has 3 nitrogen and oxygen atoms in total. The van der Waals surface area contributed by atoms with Gasteiger partial charge in [0, 0.05) is 11.6 Å². The van der Waals surface area contributed by atoms with Gasteiger partial charge in [0.1, 0.15) is 0 Å². The van der Waals surface area contributed by atoms with Gasteiger partial charge in [0.05, 0.1) is 0 Å². The Hall–Kier alpha value is -1.38. The Morgan fingerprint density at radius 1 is 0.760 bits per heavy atom. The van der Waals surface area contributed by atoms with Crippen LogP contribution in [-0.4, -0.2) is 11.8 Å². The Kier molecular flexibility index (Phi) is 12.9. The van der Waals surface area contributed by atoms with Crippen molar-refractivity contribution in [3.8, 4) is 0 Å². The summed E-state index contributed by atoms with van der Waals surface area (Å²) in [6.45, 7) is 2.26. The number of hydrogen-bond donors (Lipinski definition) is 1. The summed E-state index contributed by atoms with van der Waals surface area (Å²) >= 11 is 0. The first kappa shape index (κ1) is 21.7. The Balaban J connectivity index is 1.80. The molecule has 142 valence electrons. The van der Waals surface area contributed by atoms with Crippen LogP contribution in [-0.2, 0) is 9.59 Å². The number of rotatable bonds is 16. The summed E-state index contributed by atoms with van der Waals surface area (Å²) < 4.78 is 0. The molecule has 0 aliphatic carbocycles. The van der Waals surface area contributed by atoms with E-state index in [4.69, 9.17) is 0 Å². The molecule has 0 spiro atoms. The second-order valence-corrected chi connectivity index (χ2v) is 7.18. The zero-order valence-corrected chi connectivity index (χ0v) is 16.2. The van der Waals surface area contributed by atoms with Crippen molar-refractivity contribution in [2.24, 2.45) is 0 Å². The van der Waals surface area contributed by atoms with Crippen molar-refractivity contribution in [3.05, 3.63) is 23.8 Å². The number of nitrogens with one attached hydrogen (secondary N) is 1. The lowest BCUT2D eigenvalue weighted by Gasteiger charge is -2.01. The molecule has 25 heavy (non-hydrogen) atoms. The average molecular weight is 348 g/mol. The van der Waals surface area contributed by atoms with Crippen molar-refractivity contribution in [2.75, 3.05) is 0 Å². The van der Waals surface area contributed by atoms with E-state index in [1.807, 2.05) is 0 Å². The minimum atomic E-state index is -0.260. The van der Waals surface area contributed by atoms with Crippen LogP contribution in [0, 0.1) is 0 Å². The summed E-state index contributed by atoms with van der Waals surface area (Å²) in [5, 5.41) is 2.29. The van der Waals surface area contributed by atoms with Crippen LogP contribution in [0.25, 0.3) is 0 Å². The highest BCUT2D eigenvalue weighted by Gasteiger charge is 2.19. The van der Waals surface area contributed by atoms with Gasteiger partial charge in [-0.2, -0.15) is 0 Å². The molecule has 0 saturated heterocycles. The fraction of sp³-hybridized carbons (Fsp3) is 0.727. The summed E-state index contributed by atoms with van der Waals surface area (Å²) in [6.07, 6.45) is 24.9. The smallest absolute Gasteiger partial charge is 0.254 e. The molecule has 1 rings (SSSR count). The van der Waals surface area contributed by atoms with E-state index in [-0.39, 0.29) is 11.8 Å². The molecular weight excluding hydrogens is 310 g/mol. The molecule has 0 bridgehead atoms. The third kappa shape index (κ3) is 11.7. The van der Waals surface area contributed by atoms with Crippen molar-refractivity contribution in [3.63, 3.8) is 0 Å². The number of carbonyl (C=O) groups excluding carboxylic acids is 2. The van der Waals surface area contributed by atoms with E-state index in [0.29, 0.717) is 5.57 Å². The van der Waals surface area contributed by atoms with E-state index in [1.165, 1.54) is 83.1 Å². The highest BCUT2D eigenvalue weighted by atomic mass is 16.2. The zero-order valence-electron chi connectivity index (χ0n) is 16.2. The first-order valence-electron chi connectivity index (χ1n) is 10.4. The zero-order chi connectivity index (χ0) is 18.2. The fourth-order valence-electron chi connectivity index (χ4n) is 3.20. The van der Waals surface area contributed by atoms with Gasteiger partial charge in [-0.15, -0.1) is 0 Å². The number of carbonyl (C=O) groups is 2. The van der Waals surface area contributed by atoms with Crippen LogP contribution in [0.15, 0.2) is 23.8 Å². The summed E-state index contributed by atoms with van der Waals surface area (Å²) in [4.78, 5) is 22.4. The summed E-state index contributed by atoms with van der Waals surface area (Å²) in [5.41, 5.74) is 0.653. The van der Waals surface area contributed by atoms with Gasteiger partial charge in [-0.05, 0) is 38.5 Å². The molecule has 0 atom stereocenters. The van der Waals surface area contributed by atoms with Gasteiger partial charge in [-0.3, -0.25) is 14.9 Å². The van der Waals surface area contributed by atoms with Gasteiger partial charge < -0.3 is 0 Å². The van der Waals surface area contributed by atoms with Gasteiger partial charge in [0.15, 0.2) is 0 Å². The van der Waals surface area contributed by atoms with E-state index in [0.717, 1.165) is 19.3 Å². The van der Waals surface area contributed by atoms with Crippen molar-refractivity contribution in [1.82, 2.24) is 5.32 Å². The molecular formula is C22H37NO2. The van der Waals surface area contributed by atoms with Gasteiger partial charge in [0.25, 0.3) is 11.8 Å². The predicted molar refractivity (Wildman–Crippen MR) is 105 cm³/mol. The number of hydrogen-bond acceptors (Lipinski definition) is 2. The maximum atomic E-state index is 11.4. The van der Waals surface area contributed by atoms with Gasteiger partial charge in [0.2, 0.25) is 0 Å². The van der Waals surface area contributed by atoms with Crippen molar-refractivity contribution >= 4 is 11.8 Å². The maximum absolute atomic E-state index is 11.4. The van der Waals surface area contributed by atoms with E-state index in [2.05, 4.69) is 24.4 Å². The maximum Gasteiger partial charge on any atom is 0.254 e. The lowest BCUT2D eigenvalue weighted by atomic mass is 10.0. The first-order valence-corrected chi connectivity index (χ1v) is 10.4. The van der Waals surface area contributed by atoms with Gasteiger partial charge >= 0.3 is 0 Å². The number of unbranched alkanes of at least 4 members (excludes halogenated alkanes) is 12. The molecule has 0 saturated carbocycles. The second kappa shape index (κ2) is 14.9. The van der Waals surface area contributed by atoms with Crippen molar-refractivity contribution < 1.29 is 9.59 Å². The molecule has 0 radical (unpaired) electrons. The minimum Gasteiger partial charge on any atom is -0.289 e. The third-order valence-corrected chi connectivity index (χ3v) is 4.79. The van der Waals surface area contributed by atoms with Crippen LogP contribution in [0.4, 0.5) is 0 Å². The monoisotopic (exact) mass is 347 g/mol. The van der Waals surface area contributed by atoms with Crippen molar-refractivity contribution in [1.29, 1.82) is 0 Å². The standard InChI is InChI=1S/C22H37NO2/c1-2-3-4-5-6-7-8-9-10-11-12-13-14-15-16-17-18-20-19-21(24)23-22(20)25/h9-10,19H,2-8,11-18H2,1H3,(H,23,24,25)/b10-9-. The molecule has 0 aromatic carbocycles. The largest absolute Gasteiger partial charge is 0.289 e. The lowest BCUT2D eigenvalue weighted by Crippen LogP contribution is -2.22. The second-order valence-electron chi connectivity index (χ2n) is 7.18. The normalized spacial score (nSPS) is 14.4. The highest BCUT2D eigenvalue weighted by Crippen LogP contribution is 2.15. The number of imide groups is 1. The molecule has 1 N–H and O–H groups in total. The Labute approximate surface area is 154 Å². The molecule has 1 heterocycles. The molecule has 1 aliphatic rings. The van der Waals surface area contributed by atoms with E-state index in [1.54, 1.807) is 0 Å². The number of amides is 2. The molecule has 2 amide bonds. The van der Waals surface area contributed by atoms with E-state index in [9.17, 15) is 9.59 Å². The van der Waals surface area contributed by atoms with Gasteiger partial charge in [-0.25, -0.2) is 0 Å². The molecule has 0 aromatic rings. The topological polar surface area (TPSA) is 46.2 Å². The summed E-state index contributed by atoms with van der Waals surface area (Å²) in [5.74, 6) is -0.456. The Morgan fingerprint density at radius 2 is 1.28 bits per heavy atom. The van der Waals surface area contributed by atoms with Crippen LogP contribution in [0.2, 0.25) is 0 Å². The quantitative estimate of drug-likeness (QED) is 0.211. The van der Waals surface area contributed by atoms with E-state index < -0.39 is 0 Å². The summed E-state index contributed by atoms with van der Waals surface area (Å²) in [7, 11) is 0. The molecule has 0 fully saturated rings. The van der Waals surface area contributed by atoms with Crippen LogP contribution in [0.5, 0.6) is 0 Å². The first-order chi connectivity index (χ1) is 12.2. The van der Waals surface area contributed by atoms with Gasteiger partial charge in [-0.1, -0.05) is 76.9 Å². The molecule has 0 aromatic heterocycles. The molecule has 1 aliphatic heterocycles.